The lowest BCUT2D eigenvalue weighted by Gasteiger charge is -2.32. The zero-order chi connectivity index (χ0) is 14.8. The van der Waals surface area contributed by atoms with E-state index in [-0.39, 0.29) is 17.3 Å². The van der Waals surface area contributed by atoms with Crippen molar-refractivity contribution >= 4 is 0 Å². The quantitative estimate of drug-likeness (QED) is 0.911. The Kier molecular flexibility index (Phi) is 4.18. The molecule has 0 saturated carbocycles. The molecule has 0 saturated heterocycles. The minimum Gasteiger partial charge on any atom is -0.327 e. The summed E-state index contributed by atoms with van der Waals surface area (Å²) in [6.07, 6.45) is 2.19. The number of benzene rings is 1. The molecule has 2 aromatic rings. The van der Waals surface area contributed by atoms with Gasteiger partial charge in [-0.2, -0.15) is 5.10 Å². The maximum atomic E-state index is 13.0. The molecule has 0 bridgehead atoms. The molecule has 1 aromatic heterocycles. The SMILES string of the molecule is CCn1ncnc1CC(N)C(C)(C)c1ccc(F)cc1. The maximum Gasteiger partial charge on any atom is 0.138 e. The lowest BCUT2D eigenvalue weighted by molar-refractivity contribution is 0.393. The van der Waals surface area contributed by atoms with Crippen LogP contribution in [0.15, 0.2) is 30.6 Å². The van der Waals surface area contributed by atoms with Gasteiger partial charge in [-0.3, -0.25) is 4.68 Å². The molecule has 108 valence electrons. The van der Waals surface area contributed by atoms with E-state index in [1.165, 1.54) is 12.1 Å². The predicted molar refractivity (Wildman–Crippen MR) is 76.8 cm³/mol. The minimum atomic E-state index is -0.266. The Labute approximate surface area is 118 Å². The average molecular weight is 276 g/mol. The highest BCUT2D eigenvalue weighted by Gasteiger charge is 2.29. The lowest BCUT2D eigenvalue weighted by atomic mass is 9.77. The standard InChI is InChI=1S/C15H21FN4/c1-4-20-14(18-10-19-20)9-13(17)15(2,3)11-5-7-12(16)8-6-11/h5-8,10,13H,4,9,17H2,1-3H3. The fraction of sp³-hybridized carbons (Fsp3) is 0.467. The molecule has 0 aliphatic rings. The van der Waals surface area contributed by atoms with Crippen molar-refractivity contribution in [2.45, 2.75) is 45.2 Å². The van der Waals surface area contributed by atoms with Crippen LogP contribution in [0.1, 0.15) is 32.2 Å². The highest BCUT2D eigenvalue weighted by Crippen LogP contribution is 2.27. The number of hydrogen-bond donors (Lipinski definition) is 1. The first-order chi connectivity index (χ1) is 9.45. The summed E-state index contributed by atoms with van der Waals surface area (Å²) in [4.78, 5) is 4.26. The van der Waals surface area contributed by atoms with Crippen LogP contribution < -0.4 is 5.73 Å². The van der Waals surface area contributed by atoms with Gasteiger partial charge in [0, 0.05) is 24.4 Å². The van der Waals surface area contributed by atoms with Crippen LogP contribution >= 0.6 is 0 Å². The van der Waals surface area contributed by atoms with E-state index in [2.05, 4.69) is 23.9 Å². The molecule has 2 N–H and O–H groups in total. The normalized spacial score (nSPS) is 13.4. The highest BCUT2D eigenvalue weighted by atomic mass is 19.1. The first kappa shape index (κ1) is 14.7. The van der Waals surface area contributed by atoms with E-state index >= 15 is 0 Å². The first-order valence-corrected chi connectivity index (χ1v) is 6.83. The summed E-state index contributed by atoms with van der Waals surface area (Å²) >= 11 is 0. The van der Waals surface area contributed by atoms with E-state index in [4.69, 9.17) is 5.73 Å². The van der Waals surface area contributed by atoms with Crippen LogP contribution in [-0.2, 0) is 18.4 Å². The number of nitrogens with two attached hydrogens (primary N) is 1. The average Bonchev–Trinajstić information content (AvgIpc) is 2.86. The second-order valence-electron chi connectivity index (χ2n) is 5.53. The van der Waals surface area contributed by atoms with Gasteiger partial charge >= 0.3 is 0 Å². The zero-order valence-electron chi connectivity index (χ0n) is 12.2. The molecule has 0 aliphatic carbocycles. The molecule has 2 rings (SSSR count). The molecule has 0 aliphatic heterocycles. The molecule has 0 radical (unpaired) electrons. The zero-order valence-corrected chi connectivity index (χ0v) is 12.2. The highest BCUT2D eigenvalue weighted by molar-refractivity contribution is 5.26. The number of hydrogen-bond acceptors (Lipinski definition) is 3. The molecule has 1 heterocycles. The molecule has 1 atom stereocenters. The number of halogens is 1. The fourth-order valence-electron chi connectivity index (χ4n) is 2.26. The Morgan fingerprint density at radius 3 is 2.55 bits per heavy atom. The Morgan fingerprint density at radius 1 is 1.30 bits per heavy atom. The minimum absolute atomic E-state index is 0.123. The van der Waals surface area contributed by atoms with Crippen LogP contribution in [0.5, 0.6) is 0 Å². The van der Waals surface area contributed by atoms with Crippen molar-refractivity contribution in [2.24, 2.45) is 5.73 Å². The van der Waals surface area contributed by atoms with Crippen molar-refractivity contribution in [2.75, 3.05) is 0 Å². The van der Waals surface area contributed by atoms with Gasteiger partial charge in [0.2, 0.25) is 0 Å². The predicted octanol–water partition coefficient (Wildman–Crippen LogP) is 2.28. The van der Waals surface area contributed by atoms with E-state index in [1.54, 1.807) is 18.5 Å². The van der Waals surface area contributed by atoms with Crippen LogP contribution in [0, 0.1) is 5.82 Å². The Hall–Kier alpha value is -1.75. The topological polar surface area (TPSA) is 56.7 Å². The fourth-order valence-corrected chi connectivity index (χ4v) is 2.26. The van der Waals surface area contributed by atoms with Crippen molar-refractivity contribution in [1.29, 1.82) is 0 Å². The van der Waals surface area contributed by atoms with E-state index in [9.17, 15) is 4.39 Å². The Balaban J connectivity index is 2.18. The van der Waals surface area contributed by atoms with Gasteiger partial charge in [-0.25, -0.2) is 9.37 Å². The largest absolute Gasteiger partial charge is 0.327 e. The molecule has 0 amide bonds. The van der Waals surface area contributed by atoms with Gasteiger partial charge < -0.3 is 5.73 Å². The van der Waals surface area contributed by atoms with Crippen molar-refractivity contribution in [3.63, 3.8) is 0 Å². The lowest BCUT2D eigenvalue weighted by Crippen LogP contribution is -2.43. The number of rotatable bonds is 5. The van der Waals surface area contributed by atoms with Crippen molar-refractivity contribution in [1.82, 2.24) is 14.8 Å². The van der Waals surface area contributed by atoms with Crippen LogP contribution in [0.4, 0.5) is 4.39 Å². The summed E-state index contributed by atoms with van der Waals surface area (Å²) < 4.78 is 14.9. The molecule has 4 nitrogen and oxygen atoms in total. The summed E-state index contributed by atoms with van der Waals surface area (Å²) in [6.45, 7) is 6.93. The summed E-state index contributed by atoms with van der Waals surface area (Å²) in [5.74, 6) is 0.652. The van der Waals surface area contributed by atoms with E-state index in [0.29, 0.717) is 6.42 Å². The Bertz CT molecular complexity index is 560. The van der Waals surface area contributed by atoms with Crippen molar-refractivity contribution in [3.8, 4) is 0 Å². The van der Waals surface area contributed by atoms with Gasteiger partial charge in [-0.1, -0.05) is 26.0 Å². The van der Waals surface area contributed by atoms with Crippen LogP contribution in [0.25, 0.3) is 0 Å². The van der Waals surface area contributed by atoms with Crippen molar-refractivity contribution in [3.05, 3.63) is 47.8 Å². The van der Waals surface area contributed by atoms with Gasteiger partial charge in [0.1, 0.15) is 18.0 Å². The smallest absolute Gasteiger partial charge is 0.138 e. The number of nitrogens with zero attached hydrogens (tertiary/aromatic N) is 3. The van der Waals surface area contributed by atoms with Gasteiger partial charge in [0.05, 0.1) is 0 Å². The van der Waals surface area contributed by atoms with Crippen molar-refractivity contribution < 1.29 is 4.39 Å². The van der Waals surface area contributed by atoms with Crippen LogP contribution in [-0.4, -0.2) is 20.8 Å². The summed E-state index contributed by atoms with van der Waals surface area (Å²) in [7, 11) is 0. The number of aromatic nitrogens is 3. The second kappa shape index (κ2) is 5.71. The van der Waals surface area contributed by atoms with E-state index < -0.39 is 0 Å². The number of aryl methyl sites for hydroxylation is 1. The summed E-state index contributed by atoms with van der Waals surface area (Å²) in [5.41, 5.74) is 7.12. The maximum absolute atomic E-state index is 13.0. The van der Waals surface area contributed by atoms with Gasteiger partial charge in [0.15, 0.2) is 0 Å². The second-order valence-corrected chi connectivity index (χ2v) is 5.53. The Morgan fingerprint density at radius 2 is 1.95 bits per heavy atom. The third kappa shape index (κ3) is 2.88. The van der Waals surface area contributed by atoms with Crippen LogP contribution in [0.2, 0.25) is 0 Å². The molecule has 1 unspecified atom stereocenters. The van der Waals surface area contributed by atoms with Gasteiger partial charge in [-0.05, 0) is 24.6 Å². The molecular weight excluding hydrogens is 255 g/mol. The van der Waals surface area contributed by atoms with Gasteiger partial charge in [0.25, 0.3) is 0 Å². The molecule has 0 spiro atoms. The third-order valence-electron chi connectivity index (χ3n) is 3.91. The summed E-state index contributed by atoms with van der Waals surface area (Å²) in [5, 5.41) is 4.15. The molecular formula is C15H21FN4. The summed E-state index contributed by atoms with van der Waals surface area (Å²) in [6, 6.07) is 6.40. The third-order valence-corrected chi connectivity index (χ3v) is 3.91. The molecule has 1 aromatic carbocycles. The molecule has 0 fully saturated rings. The van der Waals surface area contributed by atoms with E-state index in [0.717, 1.165) is 17.9 Å². The monoisotopic (exact) mass is 276 g/mol. The van der Waals surface area contributed by atoms with Crippen LogP contribution in [0.3, 0.4) is 0 Å². The van der Waals surface area contributed by atoms with E-state index in [1.807, 2.05) is 11.6 Å². The first-order valence-electron chi connectivity index (χ1n) is 6.83. The molecule has 20 heavy (non-hydrogen) atoms. The molecule has 5 heteroatoms. The van der Waals surface area contributed by atoms with Gasteiger partial charge in [-0.15, -0.1) is 0 Å².